The van der Waals surface area contributed by atoms with Crippen LogP contribution in [0.2, 0.25) is 0 Å². The van der Waals surface area contributed by atoms with Gasteiger partial charge in [-0.25, -0.2) is 0 Å². The molecule has 3 aromatic carbocycles. The smallest absolute Gasteiger partial charge is 0.239 e. The van der Waals surface area contributed by atoms with Crippen LogP contribution in [0.3, 0.4) is 0 Å². The van der Waals surface area contributed by atoms with E-state index < -0.39 is 0 Å². The highest BCUT2D eigenvalue weighted by Gasteiger charge is 2.22. The lowest BCUT2D eigenvalue weighted by atomic mass is 9.90. The van der Waals surface area contributed by atoms with Crippen LogP contribution in [-0.4, -0.2) is 31.4 Å². The summed E-state index contributed by atoms with van der Waals surface area (Å²) in [4.78, 5) is 26.8. The topological polar surface area (TPSA) is 61.4 Å². The molecule has 4 rings (SSSR count). The minimum Gasteiger partial charge on any atom is -0.360 e. The van der Waals surface area contributed by atoms with Gasteiger partial charge in [-0.3, -0.25) is 9.59 Å². The molecule has 5 nitrogen and oxygen atoms in total. The average molecular weight is 399 g/mol. The first-order valence-corrected chi connectivity index (χ1v) is 10.2. The molecule has 0 aromatic heterocycles. The van der Waals surface area contributed by atoms with Crippen LogP contribution in [0, 0.1) is 0 Å². The molecule has 0 atom stereocenters. The summed E-state index contributed by atoms with van der Waals surface area (Å²) < 4.78 is 0. The van der Waals surface area contributed by atoms with Gasteiger partial charge in [0, 0.05) is 25.3 Å². The van der Waals surface area contributed by atoms with Crippen molar-refractivity contribution in [1.29, 1.82) is 0 Å². The minimum atomic E-state index is -0.349. The first-order chi connectivity index (χ1) is 14.7. The highest BCUT2D eigenvalue weighted by atomic mass is 16.2. The van der Waals surface area contributed by atoms with Crippen LogP contribution in [0.5, 0.6) is 0 Å². The van der Waals surface area contributed by atoms with Crippen molar-refractivity contribution in [1.82, 2.24) is 10.6 Å². The summed E-state index contributed by atoms with van der Waals surface area (Å²) in [6.07, 6.45) is 0. The summed E-state index contributed by atoms with van der Waals surface area (Å²) in [5.74, 6) is -0.326. The van der Waals surface area contributed by atoms with Crippen molar-refractivity contribution < 1.29 is 9.59 Å². The molecule has 0 spiro atoms. The lowest BCUT2D eigenvalue weighted by molar-refractivity contribution is -0.122. The third-order valence-corrected chi connectivity index (χ3v) is 5.33. The van der Waals surface area contributed by atoms with Gasteiger partial charge in [0.25, 0.3) is 0 Å². The van der Waals surface area contributed by atoms with Gasteiger partial charge >= 0.3 is 0 Å². The van der Waals surface area contributed by atoms with Crippen molar-refractivity contribution in [2.75, 3.05) is 24.5 Å². The van der Waals surface area contributed by atoms with E-state index in [1.807, 2.05) is 84.9 Å². The maximum Gasteiger partial charge on any atom is 0.239 e. The van der Waals surface area contributed by atoms with Gasteiger partial charge < -0.3 is 15.5 Å². The summed E-state index contributed by atoms with van der Waals surface area (Å²) >= 11 is 0. The summed E-state index contributed by atoms with van der Waals surface area (Å²) in [7, 11) is 0. The second-order valence-electron chi connectivity index (χ2n) is 7.41. The van der Waals surface area contributed by atoms with Crippen LogP contribution in [0.4, 0.5) is 5.69 Å². The Bertz CT molecular complexity index is 948. The Balaban J connectivity index is 1.44. The largest absolute Gasteiger partial charge is 0.360 e. The number of hydrogen-bond donors (Lipinski definition) is 2. The number of anilines is 1. The predicted molar refractivity (Wildman–Crippen MR) is 118 cm³/mol. The van der Waals surface area contributed by atoms with Crippen LogP contribution < -0.4 is 15.5 Å². The fourth-order valence-corrected chi connectivity index (χ4v) is 3.76. The van der Waals surface area contributed by atoms with E-state index in [0.717, 1.165) is 28.9 Å². The molecular formula is C25H25N3O2. The molecule has 0 bridgehead atoms. The Morgan fingerprint density at radius 2 is 1.50 bits per heavy atom. The van der Waals surface area contributed by atoms with E-state index in [9.17, 15) is 9.59 Å². The van der Waals surface area contributed by atoms with Gasteiger partial charge in [-0.05, 0) is 28.8 Å². The molecule has 3 aromatic rings. The SMILES string of the molecule is O=C1CN(c2ccc(CNC(=O)C(c3ccccc3)c3ccccc3)cc2)CCN1. The van der Waals surface area contributed by atoms with Crippen molar-refractivity contribution in [3.8, 4) is 0 Å². The maximum atomic E-state index is 13.1. The van der Waals surface area contributed by atoms with Crippen LogP contribution in [0.15, 0.2) is 84.9 Å². The molecule has 152 valence electrons. The van der Waals surface area contributed by atoms with Gasteiger partial charge in [0.15, 0.2) is 0 Å². The first-order valence-electron chi connectivity index (χ1n) is 10.2. The minimum absolute atomic E-state index is 0.0239. The van der Waals surface area contributed by atoms with E-state index in [1.54, 1.807) is 0 Å². The average Bonchev–Trinajstić information content (AvgIpc) is 2.80. The van der Waals surface area contributed by atoms with E-state index in [1.165, 1.54) is 0 Å². The number of carbonyl (C=O) groups excluding carboxylic acids is 2. The molecule has 5 heteroatoms. The van der Waals surface area contributed by atoms with Gasteiger partial charge in [-0.1, -0.05) is 72.8 Å². The van der Waals surface area contributed by atoms with Crippen LogP contribution >= 0.6 is 0 Å². The monoisotopic (exact) mass is 399 g/mol. The van der Waals surface area contributed by atoms with Gasteiger partial charge in [0.05, 0.1) is 12.5 Å². The number of nitrogens with one attached hydrogen (secondary N) is 2. The maximum absolute atomic E-state index is 13.1. The Morgan fingerprint density at radius 1 is 0.900 bits per heavy atom. The third-order valence-electron chi connectivity index (χ3n) is 5.33. The van der Waals surface area contributed by atoms with E-state index >= 15 is 0 Å². The number of benzene rings is 3. The summed E-state index contributed by atoms with van der Waals surface area (Å²) in [5.41, 5.74) is 3.99. The first kappa shape index (κ1) is 19.7. The Morgan fingerprint density at radius 3 is 2.07 bits per heavy atom. The summed E-state index contributed by atoms with van der Waals surface area (Å²) in [5, 5.41) is 5.92. The van der Waals surface area contributed by atoms with Crippen molar-refractivity contribution >= 4 is 17.5 Å². The van der Waals surface area contributed by atoms with Gasteiger partial charge in [-0.15, -0.1) is 0 Å². The number of hydrogen-bond acceptors (Lipinski definition) is 3. The van der Waals surface area contributed by atoms with E-state index in [-0.39, 0.29) is 17.7 Å². The number of piperazine rings is 1. The van der Waals surface area contributed by atoms with Gasteiger partial charge in [-0.2, -0.15) is 0 Å². The fourth-order valence-electron chi connectivity index (χ4n) is 3.76. The molecule has 1 aliphatic heterocycles. The normalized spacial score (nSPS) is 13.8. The highest BCUT2D eigenvalue weighted by molar-refractivity contribution is 5.87. The summed E-state index contributed by atoms with van der Waals surface area (Å²) in [6.45, 7) is 2.30. The zero-order chi connectivity index (χ0) is 20.8. The molecule has 0 aliphatic carbocycles. The van der Waals surface area contributed by atoms with Crippen LogP contribution in [0.1, 0.15) is 22.6 Å². The number of carbonyl (C=O) groups is 2. The second-order valence-corrected chi connectivity index (χ2v) is 7.41. The molecule has 0 radical (unpaired) electrons. The molecule has 0 unspecified atom stereocenters. The molecule has 2 amide bonds. The highest BCUT2D eigenvalue weighted by Crippen LogP contribution is 2.25. The lowest BCUT2D eigenvalue weighted by Crippen LogP contribution is -2.47. The quantitative estimate of drug-likeness (QED) is 0.670. The molecule has 2 N–H and O–H groups in total. The van der Waals surface area contributed by atoms with E-state index in [0.29, 0.717) is 19.6 Å². The molecule has 1 saturated heterocycles. The Hall–Kier alpha value is -3.60. The van der Waals surface area contributed by atoms with Crippen molar-refractivity contribution in [3.63, 3.8) is 0 Å². The Labute approximate surface area is 176 Å². The third kappa shape index (κ3) is 4.69. The number of amides is 2. The molecule has 30 heavy (non-hydrogen) atoms. The molecule has 0 saturated carbocycles. The van der Waals surface area contributed by atoms with Gasteiger partial charge in [0.1, 0.15) is 0 Å². The van der Waals surface area contributed by atoms with Crippen LogP contribution in [0.25, 0.3) is 0 Å². The molecule has 1 heterocycles. The van der Waals surface area contributed by atoms with Gasteiger partial charge in [0.2, 0.25) is 11.8 Å². The summed E-state index contributed by atoms with van der Waals surface area (Å²) in [6, 6.07) is 27.7. The van der Waals surface area contributed by atoms with E-state index in [2.05, 4.69) is 15.5 Å². The zero-order valence-corrected chi connectivity index (χ0v) is 16.8. The van der Waals surface area contributed by atoms with Crippen molar-refractivity contribution in [3.05, 3.63) is 102 Å². The van der Waals surface area contributed by atoms with Crippen molar-refractivity contribution in [2.24, 2.45) is 0 Å². The predicted octanol–water partition coefficient (Wildman–Crippen LogP) is 3.07. The van der Waals surface area contributed by atoms with Crippen molar-refractivity contribution in [2.45, 2.75) is 12.5 Å². The Kier molecular flexibility index (Phi) is 6.09. The standard InChI is InChI=1S/C25H25N3O2/c29-23-18-28(16-15-26-23)22-13-11-19(12-14-22)17-27-25(30)24(20-7-3-1-4-8-20)21-9-5-2-6-10-21/h1-14,24H,15-18H2,(H,26,29)(H,27,30). The lowest BCUT2D eigenvalue weighted by Gasteiger charge is -2.28. The zero-order valence-electron chi connectivity index (χ0n) is 16.8. The second kappa shape index (κ2) is 9.27. The molecule has 1 fully saturated rings. The number of nitrogens with zero attached hydrogens (tertiary/aromatic N) is 1. The van der Waals surface area contributed by atoms with Crippen LogP contribution in [-0.2, 0) is 16.1 Å². The van der Waals surface area contributed by atoms with E-state index in [4.69, 9.17) is 0 Å². The fraction of sp³-hybridized carbons (Fsp3) is 0.200. The molecule has 1 aliphatic rings. The molecular weight excluding hydrogens is 374 g/mol. The number of rotatable bonds is 6.